The Morgan fingerprint density at radius 2 is 1.94 bits per heavy atom. The van der Waals surface area contributed by atoms with Crippen LogP contribution in [0, 0.1) is 0 Å². The van der Waals surface area contributed by atoms with Crippen LogP contribution in [-0.2, 0) is 9.53 Å². The monoisotopic (exact) mass is 261 g/mol. The summed E-state index contributed by atoms with van der Waals surface area (Å²) in [5, 5.41) is 2.32. The van der Waals surface area contributed by atoms with Gasteiger partial charge in [0, 0.05) is 6.54 Å². The molecule has 0 aliphatic rings. The largest absolute Gasteiger partial charge is 0.469 e. The molecule has 0 radical (unpaired) electrons. The van der Waals surface area contributed by atoms with Crippen LogP contribution in [0.1, 0.15) is 18.0 Å². The van der Waals surface area contributed by atoms with Crippen LogP contribution in [0.5, 0.6) is 0 Å². The molecule has 100 valence electrons. The maximum atomic E-state index is 12.8. The Morgan fingerprint density at radius 3 is 2.44 bits per heavy atom. The minimum Gasteiger partial charge on any atom is -0.469 e. The van der Waals surface area contributed by atoms with Gasteiger partial charge < -0.3 is 10.1 Å². The van der Waals surface area contributed by atoms with Crippen molar-refractivity contribution in [3.05, 3.63) is 35.9 Å². The number of ether oxygens (including phenoxy) is 1. The van der Waals surface area contributed by atoms with Gasteiger partial charge in [0.05, 0.1) is 13.5 Å². The third-order valence-corrected chi connectivity index (χ3v) is 2.37. The first kappa shape index (κ1) is 14.5. The van der Waals surface area contributed by atoms with Crippen molar-refractivity contribution in [1.29, 1.82) is 0 Å². The van der Waals surface area contributed by atoms with Crippen LogP contribution in [0.25, 0.3) is 0 Å². The Balaban J connectivity index is 2.67. The molecule has 0 aliphatic carbocycles. The summed E-state index contributed by atoms with van der Waals surface area (Å²) in [5.41, 5.74) is 0.120. The van der Waals surface area contributed by atoms with E-state index in [1.807, 2.05) is 0 Å². The van der Waals surface area contributed by atoms with Gasteiger partial charge in [-0.05, 0) is 5.56 Å². The highest BCUT2D eigenvalue weighted by molar-refractivity contribution is 5.69. The lowest BCUT2D eigenvalue weighted by molar-refractivity contribution is -0.158. The molecule has 0 heterocycles. The Morgan fingerprint density at radius 1 is 1.33 bits per heavy atom. The molecule has 1 rings (SSSR count). The minimum absolute atomic E-state index is 0.0915. The van der Waals surface area contributed by atoms with Gasteiger partial charge in [-0.3, -0.25) is 4.79 Å². The molecule has 1 aromatic rings. The molecule has 6 heteroatoms. The van der Waals surface area contributed by atoms with E-state index in [-0.39, 0.29) is 18.5 Å². The van der Waals surface area contributed by atoms with Gasteiger partial charge >= 0.3 is 12.1 Å². The zero-order chi connectivity index (χ0) is 13.6. The molecular weight excluding hydrogens is 247 g/mol. The first-order chi connectivity index (χ1) is 8.45. The molecule has 1 unspecified atom stereocenters. The normalized spacial score (nSPS) is 13.1. The number of carbonyl (C=O) groups excluding carboxylic acids is 1. The van der Waals surface area contributed by atoms with Crippen LogP contribution in [-0.4, -0.2) is 25.8 Å². The second-order valence-electron chi connectivity index (χ2n) is 3.67. The fourth-order valence-corrected chi connectivity index (χ4v) is 1.49. The first-order valence-electron chi connectivity index (χ1n) is 5.37. The third kappa shape index (κ3) is 4.37. The maximum Gasteiger partial charge on any atom is 0.407 e. The summed E-state index contributed by atoms with van der Waals surface area (Å²) in [7, 11) is 1.20. The standard InChI is InChI=1S/C12H14F3NO2/c1-18-10(17)7-8-16-11(12(13,14)15)9-5-3-2-4-6-9/h2-6,11,16H,7-8H2,1H3. The van der Waals surface area contributed by atoms with Crippen molar-refractivity contribution < 1.29 is 22.7 Å². The number of carbonyl (C=O) groups is 1. The van der Waals surface area contributed by atoms with Gasteiger partial charge in [-0.15, -0.1) is 0 Å². The number of esters is 1. The lowest BCUT2D eigenvalue weighted by Gasteiger charge is -2.21. The number of hydrogen-bond acceptors (Lipinski definition) is 3. The number of hydrogen-bond donors (Lipinski definition) is 1. The van der Waals surface area contributed by atoms with Crippen molar-refractivity contribution in [3.8, 4) is 0 Å². The van der Waals surface area contributed by atoms with E-state index in [4.69, 9.17) is 0 Å². The van der Waals surface area contributed by atoms with E-state index in [2.05, 4.69) is 10.1 Å². The molecule has 1 atom stereocenters. The number of rotatable bonds is 5. The van der Waals surface area contributed by atoms with Gasteiger partial charge in [-0.25, -0.2) is 0 Å². The molecule has 0 bridgehead atoms. The number of methoxy groups -OCH3 is 1. The van der Waals surface area contributed by atoms with Gasteiger partial charge in [0.2, 0.25) is 0 Å². The molecule has 0 amide bonds. The third-order valence-electron chi connectivity index (χ3n) is 2.37. The number of halogens is 3. The number of nitrogens with one attached hydrogen (secondary N) is 1. The quantitative estimate of drug-likeness (QED) is 0.827. The second-order valence-corrected chi connectivity index (χ2v) is 3.67. The van der Waals surface area contributed by atoms with Gasteiger partial charge in [-0.1, -0.05) is 30.3 Å². The van der Waals surface area contributed by atoms with E-state index >= 15 is 0 Å². The Kier molecular flexibility index (Phi) is 5.15. The van der Waals surface area contributed by atoms with Crippen LogP contribution < -0.4 is 5.32 Å². The predicted molar refractivity (Wildman–Crippen MR) is 59.9 cm³/mol. The summed E-state index contributed by atoms with van der Waals surface area (Å²) >= 11 is 0. The molecule has 1 N–H and O–H groups in total. The average molecular weight is 261 g/mol. The SMILES string of the molecule is COC(=O)CCNC(c1ccccc1)C(F)(F)F. The lowest BCUT2D eigenvalue weighted by atomic mass is 10.1. The smallest absolute Gasteiger partial charge is 0.407 e. The van der Waals surface area contributed by atoms with Gasteiger partial charge in [0.15, 0.2) is 0 Å². The molecule has 0 spiro atoms. The van der Waals surface area contributed by atoms with E-state index < -0.39 is 18.2 Å². The van der Waals surface area contributed by atoms with Gasteiger partial charge in [-0.2, -0.15) is 13.2 Å². The minimum atomic E-state index is -4.41. The van der Waals surface area contributed by atoms with Gasteiger partial charge in [0.25, 0.3) is 0 Å². The molecule has 0 aliphatic heterocycles. The van der Waals surface area contributed by atoms with Crippen LogP contribution in [0.2, 0.25) is 0 Å². The molecule has 0 saturated carbocycles. The Hall–Kier alpha value is -1.56. The summed E-state index contributed by atoms with van der Waals surface area (Å²) in [5.74, 6) is -0.545. The first-order valence-corrected chi connectivity index (χ1v) is 5.37. The summed E-state index contributed by atoms with van der Waals surface area (Å²) in [6.45, 7) is -0.0915. The van der Waals surface area contributed by atoms with Crippen LogP contribution in [0.15, 0.2) is 30.3 Å². The van der Waals surface area contributed by atoms with Crippen molar-refractivity contribution in [1.82, 2.24) is 5.32 Å². The van der Waals surface area contributed by atoms with Crippen LogP contribution in [0.4, 0.5) is 13.2 Å². The van der Waals surface area contributed by atoms with Crippen LogP contribution >= 0.6 is 0 Å². The highest BCUT2D eigenvalue weighted by Gasteiger charge is 2.40. The Bertz CT molecular complexity index is 379. The van der Waals surface area contributed by atoms with Crippen molar-refractivity contribution in [2.45, 2.75) is 18.6 Å². The number of alkyl halides is 3. The van der Waals surface area contributed by atoms with E-state index in [1.165, 1.54) is 31.4 Å². The van der Waals surface area contributed by atoms with E-state index in [1.54, 1.807) is 6.07 Å². The maximum absolute atomic E-state index is 12.8. The summed E-state index contributed by atoms with van der Waals surface area (Å²) in [6.07, 6.45) is -4.51. The molecule has 3 nitrogen and oxygen atoms in total. The topological polar surface area (TPSA) is 38.3 Å². The van der Waals surface area contributed by atoms with Crippen molar-refractivity contribution in [3.63, 3.8) is 0 Å². The molecule has 18 heavy (non-hydrogen) atoms. The molecule has 0 aromatic heterocycles. The fraction of sp³-hybridized carbons (Fsp3) is 0.417. The predicted octanol–water partition coefficient (Wildman–Crippen LogP) is 2.44. The van der Waals surface area contributed by atoms with Crippen molar-refractivity contribution in [2.24, 2.45) is 0 Å². The second kappa shape index (κ2) is 6.39. The molecule has 1 aromatic carbocycles. The lowest BCUT2D eigenvalue weighted by Crippen LogP contribution is -2.35. The number of benzene rings is 1. The van der Waals surface area contributed by atoms with E-state index in [0.29, 0.717) is 0 Å². The molecular formula is C12H14F3NO2. The van der Waals surface area contributed by atoms with E-state index in [9.17, 15) is 18.0 Å². The molecule has 0 saturated heterocycles. The zero-order valence-corrected chi connectivity index (χ0v) is 9.83. The summed E-state index contributed by atoms with van der Waals surface area (Å²) < 4.78 is 42.9. The summed E-state index contributed by atoms with van der Waals surface area (Å²) in [4.78, 5) is 10.8. The van der Waals surface area contributed by atoms with Crippen molar-refractivity contribution in [2.75, 3.05) is 13.7 Å². The van der Waals surface area contributed by atoms with Gasteiger partial charge in [0.1, 0.15) is 6.04 Å². The highest BCUT2D eigenvalue weighted by Crippen LogP contribution is 2.32. The average Bonchev–Trinajstić information content (AvgIpc) is 2.33. The highest BCUT2D eigenvalue weighted by atomic mass is 19.4. The summed E-state index contributed by atoms with van der Waals surface area (Å²) in [6, 6.07) is 5.73. The van der Waals surface area contributed by atoms with Crippen molar-refractivity contribution >= 4 is 5.97 Å². The Labute approximate surface area is 103 Å². The van der Waals surface area contributed by atoms with E-state index in [0.717, 1.165) is 0 Å². The zero-order valence-electron chi connectivity index (χ0n) is 9.83. The fourth-order valence-electron chi connectivity index (χ4n) is 1.49. The van der Waals surface area contributed by atoms with Crippen LogP contribution in [0.3, 0.4) is 0 Å². The molecule has 0 fully saturated rings.